The van der Waals surface area contributed by atoms with Crippen LogP contribution in [0.4, 0.5) is 0 Å². The first-order valence-electron chi connectivity index (χ1n) is 6.88. The molecule has 1 amide bonds. The molecule has 0 aromatic heterocycles. The Bertz CT molecular complexity index is 341. The zero-order valence-corrected chi connectivity index (χ0v) is 12.0. The molecule has 0 radical (unpaired) electrons. The fraction of sp³-hybridized carbons (Fsp3) is 0.769. The van der Waals surface area contributed by atoms with Crippen LogP contribution in [0.25, 0.3) is 0 Å². The zero-order chi connectivity index (χ0) is 14.3. The highest BCUT2D eigenvalue weighted by Crippen LogP contribution is 2.25. The number of carbonyl (C=O) groups is 2. The van der Waals surface area contributed by atoms with Crippen LogP contribution < -0.4 is 11.1 Å². The van der Waals surface area contributed by atoms with Gasteiger partial charge in [0.2, 0.25) is 11.7 Å². The van der Waals surface area contributed by atoms with Gasteiger partial charge in [0.25, 0.3) is 0 Å². The zero-order valence-electron chi connectivity index (χ0n) is 11.2. The average Bonchev–Trinajstić information content (AvgIpc) is 2.90. The van der Waals surface area contributed by atoms with Gasteiger partial charge in [0.05, 0.1) is 6.04 Å². The number of thiol groups is 1. The molecule has 0 saturated heterocycles. The Morgan fingerprint density at radius 3 is 2.47 bits per heavy atom. The standard InChI is InChI=1S/C13H23N3O2S/c14-8-4-3-7-10(11(17)12(15)19)16-13(18)9-5-1-2-6-9/h9-10H,1-8,14H2,(H2,15,19)(H,16,18)/t10-/m0/s1. The van der Waals surface area contributed by atoms with Crippen molar-refractivity contribution >= 4 is 29.4 Å². The normalized spacial score (nSPS) is 17.2. The summed E-state index contributed by atoms with van der Waals surface area (Å²) < 4.78 is 0. The lowest BCUT2D eigenvalue weighted by Gasteiger charge is -2.19. The number of nitrogens with one attached hydrogen (secondary N) is 2. The lowest BCUT2D eigenvalue weighted by Crippen LogP contribution is -2.45. The van der Waals surface area contributed by atoms with E-state index in [-0.39, 0.29) is 16.9 Å². The summed E-state index contributed by atoms with van der Waals surface area (Å²) in [4.78, 5) is 23.9. The van der Waals surface area contributed by atoms with Crippen LogP contribution in [-0.2, 0) is 9.59 Å². The molecule has 6 heteroatoms. The summed E-state index contributed by atoms with van der Waals surface area (Å²) in [5.74, 6) is -0.441. The fourth-order valence-corrected chi connectivity index (χ4v) is 2.56. The molecule has 0 unspecified atom stereocenters. The Hall–Kier alpha value is -0.880. The first kappa shape index (κ1) is 16.2. The maximum atomic E-state index is 12.0. The molecule has 1 aliphatic rings. The number of rotatable bonds is 8. The molecule has 0 aliphatic heterocycles. The summed E-state index contributed by atoms with van der Waals surface area (Å²) in [6, 6.07) is -0.621. The van der Waals surface area contributed by atoms with E-state index in [0.717, 1.165) is 38.5 Å². The molecular formula is C13H23N3O2S. The molecule has 0 bridgehead atoms. The van der Waals surface area contributed by atoms with Gasteiger partial charge in [-0.2, -0.15) is 0 Å². The molecule has 5 nitrogen and oxygen atoms in total. The second-order valence-corrected chi connectivity index (χ2v) is 5.49. The Morgan fingerprint density at radius 2 is 1.95 bits per heavy atom. The quantitative estimate of drug-likeness (QED) is 0.234. The Morgan fingerprint density at radius 1 is 1.32 bits per heavy atom. The van der Waals surface area contributed by atoms with Crippen LogP contribution in [0.3, 0.4) is 0 Å². The predicted octanol–water partition coefficient (Wildman–Crippen LogP) is 1.27. The van der Waals surface area contributed by atoms with Gasteiger partial charge in [0, 0.05) is 5.92 Å². The smallest absolute Gasteiger partial charge is 0.223 e. The molecule has 1 aliphatic carbocycles. The van der Waals surface area contributed by atoms with Gasteiger partial charge >= 0.3 is 0 Å². The van der Waals surface area contributed by atoms with E-state index in [1.165, 1.54) is 0 Å². The number of carbonyl (C=O) groups excluding carboxylic acids is 2. The molecule has 4 N–H and O–H groups in total. The third-order valence-corrected chi connectivity index (χ3v) is 3.76. The highest BCUT2D eigenvalue weighted by Gasteiger charge is 2.28. The van der Waals surface area contributed by atoms with Gasteiger partial charge in [-0.25, -0.2) is 0 Å². The highest BCUT2D eigenvalue weighted by molar-refractivity contribution is 7.99. The molecule has 1 rings (SSSR count). The summed E-state index contributed by atoms with van der Waals surface area (Å²) in [5.41, 5.74) is 5.42. The monoisotopic (exact) mass is 285 g/mol. The number of amides is 1. The van der Waals surface area contributed by atoms with Gasteiger partial charge in [0.15, 0.2) is 0 Å². The summed E-state index contributed by atoms with van der Waals surface area (Å²) in [6.45, 7) is 0.565. The topological polar surface area (TPSA) is 96.0 Å². The lowest BCUT2D eigenvalue weighted by molar-refractivity contribution is -0.128. The van der Waals surface area contributed by atoms with Crippen LogP contribution in [0.5, 0.6) is 0 Å². The van der Waals surface area contributed by atoms with Crippen molar-refractivity contribution in [2.75, 3.05) is 6.54 Å². The van der Waals surface area contributed by atoms with E-state index < -0.39 is 11.8 Å². The van der Waals surface area contributed by atoms with Crippen LogP contribution in [0.2, 0.25) is 0 Å². The number of unbranched alkanes of at least 4 members (excludes halogenated alkanes) is 1. The van der Waals surface area contributed by atoms with Crippen molar-refractivity contribution in [3.8, 4) is 0 Å². The minimum Gasteiger partial charge on any atom is -0.346 e. The Labute approximate surface area is 119 Å². The largest absolute Gasteiger partial charge is 0.346 e. The molecule has 1 saturated carbocycles. The Kier molecular flexibility index (Phi) is 7.09. The summed E-state index contributed by atoms with van der Waals surface area (Å²) in [5, 5.41) is 9.78. The maximum absolute atomic E-state index is 12.0. The van der Waals surface area contributed by atoms with Crippen LogP contribution in [0.15, 0.2) is 0 Å². The van der Waals surface area contributed by atoms with Crippen molar-refractivity contribution in [3.05, 3.63) is 0 Å². The summed E-state index contributed by atoms with van der Waals surface area (Å²) >= 11 is 3.77. The number of hydrogen-bond acceptors (Lipinski definition) is 4. The second-order valence-electron chi connectivity index (χ2n) is 5.04. The minimum atomic E-state index is -0.621. The molecule has 108 valence electrons. The van der Waals surface area contributed by atoms with Gasteiger partial charge < -0.3 is 11.1 Å². The third-order valence-electron chi connectivity index (χ3n) is 3.54. The van der Waals surface area contributed by atoms with Crippen molar-refractivity contribution in [2.45, 2.75) is 51.0 Å². The number of nitrogens with two attached hydrogens (primary N) is 1. The van der Waals surface area contributed by atoms with Gasteiger partial charge in [-0.15, -0.1) is 12.6 Å². The average molecular weight is 285 g/mol. The second kappa shape index (κ2) is 8.32. The molecule has 0 aromatic rings. The molecule has 0 heterocycles. The van der Waals surface area contributed by atoms with Crippen molar-refractivity contribution in [2.24, 2.45) is 11.7 Å². The van der Waals surface area contributed by atoms with E-state index >= 15 is 0 Å². The van der Waals surface area contributed by atoms with E-state index in [2.05, 4.69) is 17.9 Å². The van der Waals surface area contributed by atoms with Gasteiger partial charge in [-0.1, -0.05) is 12.8 Å². The molecule has 19 heavy (non-hydrogen) atoms. The van der Waals surface area contributed by atoms with Gasteiger partial charge in [0.1, 0.15) is 5.04 Å². The van der Waals surface area contributed by atoms with Gasteiger partial charge in [-0.3, -0.25) is 15.0 Å². The molecule has 1 atom stereocenters. The number of hydrogen-bond donors (Lipinski definition) is 4. The summed E-state index contributed by atoms with van der Waals surface area (Å²) in [6.07, 6.45) is 6.04. The van der Waals surface area contributed by atoms with Crippen LogP contribution in [-0.4, -0.2) is 29.3 Å². The molecule has 1 fully saturated rings. The fourth-order valence-electron chi connectivity index (χ4n) is 2.40. The van der Waals surface area contributed by atoms with Gasteiger partial charge in [-0.05, 0) is 38.6 Å². The molecule has 0 aromatic carbocycles. The van der Waals surface area contributed by atoms with Crippen LogP contribution >= 0.6 is 12.6 Å². The van der Waals surface area contributed by atoms with E-state index in [0.29, 0.717) is 13.0 Å². The van der Waals surface area contributed by atoms with Crippen molar-refractivity contribution < 1.29 is 9.59 Å². The molecular weight excluding hydrogens is 262 g/mol. The van der Waals surface area contributed by atoms with Crippen molar-refractivity contribution in [1.82, 2.24) is 5.32 Å². The van der Waals surface area contributed by atoms with E-state index in [1.54, 1.807) is 0 Å². The minimum absolute atomic E-state index is 0.0268. The number of Topliss-reactive ketones (excluding diaryl/α,β-unsaturated/α-hetero) is 1. The predicted molar refractivity (Wildman–Crippen MR) is 78.5 cm³/mol. The van der Waals surface area contributed by atoms with E-state index in [4.69, 9.17) is 11.1 Å². The third kappa shape index (κ3) is 5.32. The lowest BCUT2D eigenvalue weighted by atomic mass is 10.0. The SMILES string of the molecule is N=C(S)C(=O)[C@H](CCCCN)NC(=O)C1CCCC1. The first-order valence-corrected chi connectivity index (χ1v) is 7.33. The number of ketones is 1. The van der Waals surface area contributed by atoms with Crippen molar-refractivity contribution in [3.63, 3.8) is 0 Å². The molecule has 0 spiro atoms. The Balaban J connectivity index is 2.54. The van der Waals surface area contributed by atoms with E-state index in [9.17, 15) is 9.59 Å². The summed E-state index contributed by atoms with van der Waals surface area (Å²) in [7, 11) is 0. The van der Waals surface area contributed by atoms with E-state index in [1.807, 2.05) is 0 Å². The first-order chi connectivity index (χ1) is 9.06. The maximum Gasteiger partial charge on any atom is 0.223 e. The van der Waals surface area contributed by atoms with Crippen molar-refractivity contribution in [1.29, 1.82) is 5.41 Å². The van der Waals surface area contributed by atoms with Crippen LogP contribution in [0.1, 0.15) is 44.9 Å². The highest BCUT2D eigenvalue weighted by atomic mass is 32.1. The van der Waals surface area contributed by atoms with Crippen LogP contribution in [0, 0.1) is 11.3 Å².